The summed E-state index contributed by atoms with van der Waals surface area (Å²) in [6, 6.07) is 33.1. The van der Waals surface area contributed by atoms with Gasteiger partial charge in [0.15, 0.2) is 0 Å². The lowest BCUT2D eigenvalue weighted by molar-refractivity contribution is -0.139. The smallest absolute Gasteiger partial charge is 0.273 e. The van der Waals surface area contributed by atoms with Crippen molar-refractivity contribution < 1.29 is 28.8 Å². The van der Waals surface area contributed by atoms with Gasteiger partial charge in [-0.1, -0.05) is 110 Å². The van der Waals surface area contributed by atoms with Crippen molar-refractivity contribution in [1.29, 1.82) is 0 Å². The van der Waals surface area contributed by atoms with Crippen LogP contribution in [-0.2, 0) is 19.2 Å². The second kappa shape index (κ2) is 14.3. The number of imide groups is 4. The van der Waals surface area contributed by atoms with E-state index in [1.807, 2.05) is 0 Å². The van der Waals surface area contributed by atoms with E-state index < -0.39 is 47.5 Å². The molecule has 0 N–H and O–H groups in total. The van der Waals surface area contributed by atoms with Gasteiger partial charge < -0.3 is 0 Å². The quantitative estimate of drug-likeness (QED) is 0.144. The first-order valence-corrected chi connectivity index (χ1v) is 16.0. The van der Waals surface area contributed by atoms with Crippen LogP contribution in [0.5, 0.6) is 0 Å². The Morgan fingerprint density at radius 1 is 0.375 bits per heavy atom. The molecule has 10 nitrogen and oxygen atoms in total. The minimum atomic E-state index is -1.15. The fourth-order valence-electron chi connectivity index (χ4n) is 6.20. The van der Waals surface area contributed by atoms with E-state index in [0.29, 0.717) is 48.2 Å². The van der Waals surface area contributed by atoms with Crippen molar-refractivity contribution in [2.75, 3.05) is 22.9 Å². The number of carbonyl (C=O) groups is 6. The van der Waals surface area contributed by atoms with Crippen molar-refractivity contribution >= 4 is 47.1 Å². The number of para-hydroxylation sites is 2. The fourth-order valence-corrected chi connectivity index (χ4v) is 6.20. The summed E-state index contributed by atoms with van der Waals surface area (Å²) in [5, 5.41) is 0. The molecule has 6 rings (SSSR count). The summed E-state index contributed by atoms with van der Waals surface area (Å²) < 4.78 is 0. The highest BCUT2D eigenvalue weighted by Crippen LogP contribution is 2.32. The summed E-state index contributed by atoms with van der Waals surface area (Å²) in [5.41, 5.74) is 1.80. The maximum absolute atomic E-state index is 13.6. The van der Waals surface area contributed by atoms with Gasteiger partial charge in [-0.2, -0.15) is 0 Å². The number of urea groups is 2. The monoisotopic (exact) mass is 642 g/mol. The van der Waals surface area contributed by atoms with E-state index in [1.165, 1.54) is 0 Å². The molecule has 0 aliphatic carbocycles. The van der Waals surface area contributed by atoms with Crippen molar-refractivity contribution in [2.24, 2.45) is 0 Å². The van der Waals surface area contributed by atoms with Crippen LogP contribution in [0.4, 0.5) is 21.0 Å². The number of hydrogen-bond donors (Lipinski definition) is 0. The number of carbonyl (C=O) groups excluding carboxylic acids is 6. The van der Waals surface area contributed by atoms with Crippen molar-refractivity contribution in [3.05, 3.63) is 132 Å². The third-order valence-electron chi connectivity index (χ3n) is 8.61. The summed E-state index contributed by atoms with van der Waals surface area (Å²) in [7, 11) is 0. The number of amides is 8. The van der Waals surface area contributed by atoms with Crippen LogP contribution < -0.4 is 9.80 Å². The van der Waals surface area contributed by atoms with Gasteiger partial charge in [0.2, 0.25) is 11.8 Å². The normalized spacial score (nSPS) is 18.6. The maximum atomic E-state index is 13.6. The number of anilines is 2. The van der Waals surface area contributed by atoms with E-state index >= 15 is 0 Å². The highest BCUT2D eigenvalue weighted by atomic mass is 16.2. The summed E-state index contributed by atoms with van der Waals surface area (Å²) in [4.78, 5) is 85.7. The Kier molecular flexibility index (Phi) is 9.52. The molecule has 242 valence electrons. The molecule has 0 radical (unpaired) electrons. The van der Waals surface area contributed by atoms with E-state index in [1.54, 1.807) is 121 Å². The summed E-state index contributed by atoms with van der Waals surface area (Å²) in [6.07, 6.45) is 2.09. The molecule has 8 amide bonds. The predicted octanol–water partition coefficient (Wildman–Crippen LogP) is 6.11. The molecule has 48 heavy (non-hydrogen) atoms. The van der Waals surface area contributed by atoms with E-state index in [0.717, 1.165) is 19.6 Å². The van der Waals surface area contributed by atoms with Gasteiger partial charge in [0.05, 0.1) is 11.4 Å². The van der Waals surface area contributed by atoms with Gasteiger partial charge in [-0.15, -0.1) is 0 Å². The number of rotatable bonds is 11. The van der Waals surface area contributed by atoms with Gasteiger partial charge >= 0.3 is 12.1 Å². The molecule has 2 heterocycles. The number of benzene rings is 4. The summed E-state index contributed by atoms with van der Waals surface area (Å²) >= 11 is 0. The minimum Gasteiger partial charge on any atom is -0.273 e. The van der Waals surface area contributed by atoms with E-state index in [9.17, 15) is 28.8 Å². The van der Waals surface area contributed by atoms with Crippen LogP contribution in [-0.4, -0.2) is 58.6 Å². The standard InChI is InChI=1S/C38H34N4O6/c43-33-31(27-17-7-3-8-18-27)35(45)41(29-21-11-5-12-22-29)37(47)39(33)25-15-1-2-16-26-40-34(44)32(28-19-9-4-10-20-28)36(46)42(38(40)48)30-23-13-6-14-24-30/h3-14,17-24,31-32H,1-2,15-16,25-26H2. The second-order valence-electron chi connectivity index (χ2n) is 11.7. The lowest BCUT2D eigenvalue weighted by Gasteiger charge is -2.37. The maximum Gasteiger partial charge on any atom is 0.338 e. The number of nitrogens with zero attached hydrogens (tertiary/aromatic N) is 4. The molecule has 0 saturated carbocycles. The Bertz CT molecular complexity index is 1560. The summed E-state index contributed by atoms with van der Waals surface area (Å²) in [5.74, 6) is -4.60. The average molecular weight is 643 g/mol. The lowest BCUT2D eigenvalue weighted by atomic mass is 9.93. The van der Waals surface area contributed by atoms with Gasteiger partial charge in [-0.05, 0) is 48.2 Å². The zero-order valence-electron chi connectivity index (χ0n) is 26.2. The summed E-state index contributed by atoms with van der Waals surface area (Å²) in [6.45, 7) is 0.205. The predicted molar refractivity (Wildman–Crippen MR) is 179 cm³/mol. The first kappa shape index (κ1) is 32.1. The first-order chi connectivity index (χ1) is 23.4. The molecular formula is C38H34N4O6. The molecule has 4 aromatic carbocycles. The van der Waals surface area contributed by atoms with Crippen molar-refractivity contribution in [2.45, 2.75) is 37.5 Å². The molecule has 2 atom stereocenters. The Labute approximate surface area is 278 Å². The number of hydrogen-bond acceptors (Lipinski definition) is 6. The van der Waals surface area contributed by atoms with Gasteiger partial charge in [-0.3, -0.25) is 29.0 Å². The molecule has 2 fully saturated rings. The topological polar surface area (TPSA) is 115 Å². The molecular weight excluding hydrogens is 608 g/mol. The van der Waals surface area contributed by atoms with Crippen LogP contribution in [0.25, 0.3) is 0 Å². The average Bonchev–Trinajstić information content (AvgIpc) is 3.11. The molecule has 0 aromatic heterocycles. The van der Waals surface area contributed by atoms with Gasteiger partial charge in [-0.25, -0.2) is 19.4 Å². The van der Waals surface area contributed by atoms with E-state index in [-0.39, 0.29) is 13.1 Å². The number of barbiturate groups is 2. The lowest BCUT2D eigenvalue weighted by Crippen LogP contribution is -2.59. The highest BCUT2D eigenvalue weighted by Gasteiger charge is 2.48. The van der Waals surface area contributed by atoms with Crippen LogP contribution in [0.3, 0.4) is 0 Å². The largest absolute Gasteiger partial charge is 0.338 e. The van der Waals surface area contributed by atoms with Crippen molar-refractivity contribution in [1.82, 2.24) is 9.80 Å². The van der Waals surface area contributed by atoms with E-state index in [2.05, 4.69) is 0 Å². The zero-order chi connectivity index (χ0) is 33.6. The van der Waals surface area contributed by atoms with Crippen LogP contribution in [0.15, 0.2) is 121 Å². The molecule has 2 unspecified atom stereocenters. The molecule has 2 aliphatic heterocycles. The Morgan fingerprint density at radius 3 is 1.02 bits per heavy atom. The van der Waals surface area contributed by atoms with Gasteiger partial charge in [0.25, 0.3) is 11.8 Å². The molecule has 2 saturated heterocycles. The van der Waals surface area contributed by atoms with Crippen LogP contribution >= 0.6 is 0 Å². The minimum absolute atomic E-state index is 0.103. The third-order valence-corrected chi connectivity index (χ3v) is 8.61. The Balaban J connectivity index is 1.12. The number of unbranched alkanes of at least 4 members (excludes halogenated alkanes) is 3. The first-order valence-electron chi connectivity index (χ1n) is 16.0. The third kappa shape index (κ3) is 6.24. The molecule has 0 spiro atoms. The van der Waals surface area contributed by atoms with Gasteiger partial charge in [0.1, 0.15) is 11.8 Å². The van der Waals surface area contributed by atoms with Crippen LogP contribution in [0, 0.1) is 0 Å². The Morgan fingerprint density at radius 2 is 0.688 bits per heavy atom. The van der Waals surface area contributed by atoms with Crippen molar-refractivity contribution in [3.63, 3.8) is 0 Å². The molecule has 2 aliphatic rings. The second-order valence-corrected chi connectivity index (χ2v) is 11.7. The van der Waals surface area contributed by atoms with Crippen LogP contribution in [0.2, 0.25) is 0 Å². The zero-order valence-corrected chi connectivity index (χ0v) is 26.2. The van der Waals surface area contributed by atoms with Crippen LogP contribution in [0.1, 0.15) is 48.6 Å². The molecule has 0 bridgehead atoms. The fraction of sp³-hybridized carbons (Fsp3) is 0.211. The highest BCUT2D eigenvalue weighted by molar-refractivity contribution is 6.30. The van der Waals surface area contributed by atoms with Crippen molar-refractivity contribution in [3.8, 4) is 0 Å². The van der Waals surface area contributed by atoms with Gasteiger partial charge in [0, 0.05) is 13.1 Å². The molecule has 10 heteroatoms. The SMILES string of the molecule is O=C1C(c2ccccc2)C(=O)N(c2ccccc2)C(=O)N1CCCCCCN1C(=O)C(c2ccccc2)C(=O)N(c2ccccc2)C1=O. The van der Waals surface area contributed by atoms with E-state index in [4.69, 9.17) is 0 Å². The Hall–Kier alpha value is -5.90. The molecule has 4 aromatic rings.